The number of ether oxygens (including phenoxy) is 4. The summed E-state index contributed by atoms with van der Waals surface area (Å²) in [5.74, 6) is 1.87. The number of fused-ring (bicyclic) bond motifs is 6. The van der Waals surface area contributed by atoms with E-state index in [9.17, 15) is 0 Å². The van der Waals surface area contributed by atoms with Crippen LogP contribution in [-0.4, -0.2) is 51.6 Å². The second-order valence-electron chi connectivity index (χ2n) is 7.79. The highest BCUT2D eigenvalue weighted by molar-refractivity contribution is 5.57. The third kappa shape index (κ3) is 2.59. The number of nitrogens with zero attached hydrogens (tertiary/aromatic N) is 1. The van der Waals surface area contributed by atoms with Crippen molar-refractivity contribution in [2.24, 2.45) is 0 Å². The van der Waals surface area contributed by atoms with E-state index in [1.54, 1.807) is 0 Å². The fourth-order valence-electron chi connectivity index (χ4n) is 4.89. The lowest BCUT2D eigenvalue weighted by molar-refractivity contribution is -0.0309. The van der Waals surface area contributed by atoms with E-state index in [1.807, 2.05) is 12.1 Å². The van der Waals surface area contributed by atoms with E-state index in [2.05, 4.69) is 40.5 Å². The maximum absolute atomic E-state index is 6.18. The fraction of sp³-hybridized carbons (Fsp3) is 0.455. The average molecular weight is 380 g/mol. The maximum Gasteiger partial charge on any atom is 0.125 e. The monoisotopic (exact) mass is 380 g/mol. The van der Waals surface area contributed by atoms with Crippen LogP contribution in [-0.2, 0) is 9.47 Å². The number of hydrogen-bond acceptors (Lipinski definition) is 6. The minimum absolute atomic E-state index is 0.0336. The van der Waals surface area contributed by atoms with Crippen molar-refractivity contribution in [3.8, 4) is 11.5 Å². The Balaban J connectivity index is 1.34. The van der Waals surface area contributed by atoms with Gasteiger partial charge >= 0.3 is 0 Å². The van der Waals surface area contributed by atoms with Gasteiger partial charge in [-0.1, -0.05) is 18.2 Å². The predicted molar refractivity (Wildman–Crippen MR) is 104 cm³/mol. The van der Waals surface area contributed by atoms with Gasteiger partial charge in [0.1, 0.15) is 36.9 Å². The van der Waals surface area contributed by atoms with Gasteiger partial charge in [0.15, 0.2) is 0 Å². The SMILES string of the molecule is c1ccc2c(c1)OC[C@@H]1[C@@H]2OCCN1c1ccc2c(c1)[C@@H]1OCCNC1CO2. The van der Waals surface area contributed by atoms with Crippen LogP contribution in [0.15, 0.2) is 42.5 Å². The molecule has 0 radical (unpaired) electrons. The van der Waals surface area contributed by atoms with Crippen molar-refractivity contribution in [3.05, 3.63) is 53.6 Å². The smallest absolute Gasteiger partial charge is 0.125 e. The fourth-order valence-corrected chi connectivity index (χ4v) is 4.89. The van der Waals surface area contributed by atoms with E-state index < -0.39 is 0 Å². The van der Waals surface area contributed by atoms with E-state index >= 15 is 0 Å². The summed E-state index contributed by atoms with van der Waals surface area (Å²) in [6.45, 7) is 4.44. The highest BCUT2D eigenvalue weighted by atomic mass is 16.5. The molecule has 4 heterocycles. The number of nitrogens with one attached hydrogen (secondary N) is 1. The van der Waals surface area contributed by atoms with Crippen LogP contribution in [0.4, 0.5) is 5.69 Å². The van der Waals surface area contributed by atoms with E-state index in [4.69, 9.17) is 18.9 Å². The zero-order valence-corrected chi connectivity index (χ0v) is 15.7. The Morgan fingerprint density at radius 2 is 1.71 bits per heavy atom. The maximum atomic E-state index is 6.18. The molecule has 0 aliphatic carbocycles. The molecule has 1 N–H and O–H groups in total. The van der Waals surface area contributed by atoms with E-state index in [1.165, 1.54) is 5.69 Å². The van der Waals surface area contributed by atoms with Crippen LogP contribution >= 0.6 is 0 Å². The van der Waals surface area contributed by atoms with Crippen molar-refractivity contribution in [2.45, 2.75) is 24.3 Å². The van der Waals surface area contributed by atoms with Crippen LogP contribution in [0.1, 0.15) is 23.3 Å². The molecule has 6 rings (SSSR count). The van der Waals surface area contributed by atoms with Crippen LogP contribution in [0.5, 0.6) is 11.5 Å². The molecule has 0 saturated carbocycles. The van der Waals surface area contributed by atoms with Gasteiger partial charge < -0.3 is 29.2 Å². The standard InChI is InChI=1S/C22H24N2O4/c1-2-4-19-15(3-1)22-18(13-28-19)24(8-10-26-22)14-5-6-20-16(11-14)21-17(12-27-20)23-7-9-25-21/h1-6,11,17-18,21-23H,7-10,12-13H2/t17?,18-,21+,22-/m1/s1. The molecule has 0 spiro atoms. The third-order valence-electron chi connectivity index (χ3n) is 6.24. The molecule has 0 amide bonds. The Bertz CT molecular complexity index is 889. The van der Waals surface area contributed by atoms with Gasteiger partial charge in [0, 0.05) is 29.9 Å². The molecule has 28 heavy (non-hydrogen) atoms. The molecular formula is C22H24N2O4. The number of benzene rings is 2. The molecule has 2 aromatic rings. The van der Waals surface area contributed by atoms with Crippen molar-refractivity contribution in [1.82, 2.24) is 5.32 Å². The normalized spacial score (nSPS) is 30.8. The molecule has 2 fully saturated rings. The summed E-state index contributed by atoms with van der Waals surface area (Å²) in [4.78, 5) is 2.42. The van der Waals surface area contributed by atoms with Crippen LogP contribution in [0.3, 0.4) is 0 Å². The van der Waals surface area contributed by atoms with Crippen LogP contribution < -0.4 is 19.7 Å². The van der Waals surface area contributed by atoms with Gasteiger partial charge in [-0.15, -0.1) is 0 Å². The average Bonchev–Trinajstić information content (AvgIpc) is 2.78. The lowest BCUT2D eigenvalue weighted by atomic mass is 9.94. The largest absolute Gasteiger partial charge is 0.491 e. The summed E-state index contributed by atoms with van der Waals surface area (Å²) in [6, 6.07) is 15.1. The summed E-state index contributed by atoms with van der Waals surface area (Å²) in [6.07, 6.45) is 0.0870. The molecule has 2 saturated heterocycles. The van der Waals surface area contributed by atoms with Gasteiger partial charge in [-0.05, 0) is 24.3 Å². The number of hydrogen-bond donors (Lipinski definition) is 1. The van der Waals surface area contributed by atoms with Crippen molar-refractivity contribution >= 4 is 5.69 Å². The van der Waals surface area contributed by atoms with E-state index in [0.717, 1.165) is 42.3 Å². The summed E-state index contributed by atoms with van der Waals surface area (Å²) < 4.78 is 24.3. The Kier molecular flexibility index (Phi) is 3.96. The lowest BCUT2D eigenvalue weighted by Crippen LogP contribution is -2.52. The molecule has 2 aromatic carbocycles. The minimum Gasteiger partial charge on any atom is -0.491 e. The third-order valence-corrected chi connectivity index (χ3v) is 6.24. The first-order chi connectivity index (χ1) is 13.9. The Hall–Kier alpha value is -2.28. The van der Waals surface area contributed by atoms with Crippen LogP contribution in [0, 0.1) is 0 Å². The van der Waals surface area contributed by atoms with Crippen molar-refractivity contribution in [1.29, 1.82) is 0 Å². The number of anilines is 1. The van der Waals surface area contributed by atoms with Crippen LogP contribution in [0.25, 0.3) is 0 Å². The molecule has 1 unspecified atom stereocenters. The van der Waals surface area contributed by atoms with E-state index in [0.29, 0.717) is 19.8 Å². The Morgan fingerprint density at radius 3 is 2.71 bits per heavy atom. The molecule has 6 nitrogen and oxygen atoms in total. The topological polar surface area (TPSA) is 52.2 Å². The first kappa shape index (κ1) is 16.7. The van der Waals surface area contributed by atoms with Gasteiger partial charge in [0.25, 0.3) is 0 Å². The second kappa shape index (κ2) is 6.65. The van der Waals surface area contributed by atoms with Crippen molar-refractivity contribution < 1.29 is 18.9 Å². The van der Waals surface area contributed by atoms with Gasteiger partial charge in [-0.25, -0.2) is 0 Å². The summed E-state index contributed by atoms with van der Waals surface area (Å²) >= 11 is 0. The summed E-state index contributed by atoms with van der Waals surface area (Å²) in [7, 11) is 0. The lowest BCUT2D eigenvalue weighted by Gasteiger charge is -2.45. The molecule has 146 valence electrons. The predicted octanol–water partition coefficient (Wildman–Crippen LogP) is 2.45. The zero-order chi connectivity index (χ0) is 18.5. The molecule has 0 aromatic heterocycles. The Labute approximate surface area is 164 Å². The van der Waals surface area contributed by atoms with Crippen molar-refractivity contribution in [2.75, 3.05) is 44.4 Å². The molecule has 4 aliphatic heterocycles. The molecule has 4 aliphatic rings. The van der Waals surface area contributed by atoms with E-state index in [-0.39, 0.29) is 24.3 Å². The number of rotatable bonds is 1. The number of morpholine rings is 2. The molecular weight excluding hydrogens is 356 g/mol. The van der Waals surface area contributed by atoms with Gasteiger partial charge in [-0.2, -0.15) is 0 Å². The highest BCUT2D eigenvalue weighted by Crippen LogP contribution is 2.42. The van der Waals surface area contributed by atoms with Crippen molar-refractivity contribution in [3.63, 3.8) is 0 Å². The summed E-state index contributed by atoms with van der Waals surface area (Å²) in [5, 5.41) is 3.51. The quantitative estimate of drug-likeness (QED) is 0.820. The second-order valence-corrected chi connectivity index (χ2v) is 7.79. The Morgan fingerprint density at radius 1 is 0.857 bits per heavy atom. The summed E-state index contributed by atoms with van der Waals surface area (Å²) in [5.41, 5.74) is 3.46. The minimum atomic E-state index is 0.0336. The molecule has 6 heteroatoms. The molecule has 4 atom stereocenters. The first-order valence-corrected chi connectivity index (χ1v) is 10.1. The van der Waals surface area contributed by atoms with Crippen LogP contribution in [0.2, 0.25) is 0 Å². The highest BCUT2D eigenvalue weighted by Gasteiger charge is 2.40. The van der Waals surface area contributed by atoms with Gasteiger partial charge in [-0.3, -0.25) is 0 Å². The van der Waals surface area contributed by atoms with Gasteiger partial charge in [0.05, 0.1) is 25.3 Å². The zero-order valence-electron chi connectivity index (χ0n) is 15.7. The number of para-hydroxylation sites is 1. The molecule has 0 bridgehead atoms. The van der Waals surface area contributed by atoms with Gasteiger partial charge in [0.2, 0.25) is 0 Å². The first-order valence-electron chi connectivity index (χ1n) is 10.1.